The first-order valence-electron chi connectivity index (χ1n) is 7.55. The normalized spacial score (nSPS) is 24.6. The lowest BCUT2D eigenvalue weighted by Crippen LogP contribution is -2.45. The van der Waals surface area contributed by atoms with Gasteiger partial charge in [0.2, 0.25) is 0 Å². The van der Waals surface area contributed by atoms with Crippen molar-refractivity contribution in [2.24, 2.45) is 18.4 Å². The lowest BCUT2D eigenvalue weighted by atomic mass is 9.69. The summed E-state index contributed by atoms with van der Waals surface area (Å²) >= 11 is 0. The van der Waals surface area contributed by atoms with Gasteiger partial charge in [0.25, 0.3) is 0 Å². The second kappa shape index (κ2) is 6.04. The topological polar surface area (TPSA) is 42.7 Å². The molecule has 0 spiro atoms. The molecule has 1 aliphatic rings. The maximum Gasteiger partial charge on any atom is 0.133 e. The fraction of sp³-hybridized carbons (Fsp3) is 0.867. The third kappa shape index (κ3) is 3.78. The Balaban J connectivity index is 1.85. The number of nitrogens with zero attached hydrogens (tertiary/aromatic N) is 3. The first kappa shape index (κ1) is 14.5. The fourth-order valence-electron chi connectivity index (χ4n) is 3.31. The standard InChI is InChI=1S/C15H28N4/c1-15(2,3)12-7-5-6-8-13(12)16-10-9-14-18-17-11-19(14)4/h11-13,16H,5-10H2,1-4H3. The number of hydrogen-bond donors (Lipinski definition) is 1. The zero-order valence-electron chi connectivity index (χ0n) is 12.8. The van der Waals surface area contributed by atoms with Gasteiger partial charge in [-0.3, -0.25) is 0 Å². The summed E-state index contributed by atoms with van der Waals surface area (Å²) in [5.74, 6) is 1.86. The van der Waals surface area contributed by atoms with Crippen molar-refractivity contribution < 1.29 is 0 Å². The van der Waals surface area contributed by atoms with Crippen LogP contribution in [0, 0.1) is 11.3 Å². The highest BCUT2D eigenvalue weighted by molar-refractivity contribution is 4.90. The lowest BCUT2D eigenvalue weighted by Gasteiger charge is -2.41. The zero-order valence-corrected chi connectivity index (χ0v) is 12.8. The van der Waals surface area contributed by atoms with Crippen LogP contribution in [0.15, 0.2) is 6.33 Å². The molecule has 0 bridgehead atoms. The van der Waals surface area contributed by atoms with Crippen LogP contribution >= 0.6 is 0 Å². The van der Waals surface area contributed by atoms with Gasteiger partial charge in [-0.05, 0) is 24.2 Å². The molecule has 1 fully saturated rings. The maximum absolute atomic E-state index is 4.14. The molecule has 1 saturated carbocycles. The molecule has 0 aromatic carbocycles. The molecule has 0 radical (unpaired) electrons. The lowest BCUT2D eigenvalue weighted by molar-refractivity contribution is 0.131. The molecule has 4 nitrogen and oxygen atoms in total. The van der Waals surface area contributed by atoms with Crippen LogP contribution in [0.1, 0.15) is 52.3 Å². The molecule has 0 saturated heterocycles. The molecule has 1 aromatic heterocycles. The first-order chi connectivity index (χ1) is 8.98. The van der Waals surface area contributed by atoms with Crippen molar-refractivity contribution in [3.05, 3.63) is 12.2 Å². The summed E-state index contributed by atoms with van der Waals surface area (Å²) in [6.07, 6.45) is 8.18. The average Bonchev–Trinajstić information content (AvgIpc) is 2.75. The van der Waals surface area contributed by atoms with E-state index in [9.17, 15) is 0 Å². The molecule has 1 N–H and O–H groups in total. The summed E-state index contributed by atoms with van der Waals surface area (Å²) in [6.45, 7) is 8.13. The molecule has 1 aliphatic carbocycles. The van der Waals surface area contributed by atoms with E-state index in [-0.39, 0.29) is 0 Å². The second-order valence-corrected chi connectivity index (χ2v) is 6.93. The minimum Gasteiger partial charge on any atom is -0.321 e. The van der Waals surface area contributed by atoms with Crippen molar-refractivity contribution in [2.75, 3.05) is 6.54 Å². The summed E-state index contributed by atoms with van der Waals surface area (Å²) in [4.78, 5) is 0. The van der Waals surface area contributed by atoms with Crippen molar-refractivity contribution in [3.8, 4) is 0 Å². The number of aromatic nitrogens is 3. The number of hydrogen-bond acceptors (Lipinski definition) is 3. The highest BCUT2D eigenvalue weighted by Crippen LogP contribution is 2.37. The van der Waals surface area contributed by atoms with Gasteiger partial charge in [0, 0.05) is 26.1 Å². The maximum atomic E-state index is 4.14. The molecule has 2 atom stereocenters. The Kier molecular flexibility index (Phi) is 4.61. The van der Waals surface area contributed by atoms with Gasteiger partial charge < -0.3 is 9.88 Å². The molecule has 4 heteroatoms. The highest BCUT2D eigenvalue weighted by Gasteiger charge is 2.33. The van der Waals surface area contributed by atoms with E-state index in [1.54, 1.807) is 6.33 Å². The van der Waals surface area contributed by atoms with Crippen LogP contribution in [0.3, 0.4) is 0 Å². The highest BCUT2D eigenvalue weighted by atomic mass is 15.2. The Morgan fingerprint density at radius 1 is 1.32 bits per heavy atom. The predicted molar refractivity (Wildman–Crippen MR) is 77.9 cm³/mol. The van der Waals surface area contributed by atoms with Crippen LogP contribution in [0.2, 0.25) is 0 Å². The number of nitrogens with one attached hydrogen (secondary N) is 1. The van der Waals surface area contributed by atoms with Crippen molar-refractivity contribution in [1.82, 2.24) is 20.1 Å². The van der Waals surface area contributed by atoms with E-state index in [4.69, 9.17) is 0 Å². The zero-order chi connectivity index (χ0) is 13.9. The van der Waals surface area contributed by atoms with E-state index < -0.39 is 0 Å². The molecule has 1 aromatic rings. The van der Waals surface area contributed by atoms with Gasteiger partial charge in [-0.15, -0.1) is 10.2 Å². The van der Waals surface area contributed by atoms with Crippen LogP contribution in [-0.2, 0) is 13.5 Å². The Labute approximate surface area is 117 Å². The van der Waals surface area contributed by atoms with E-state index in [2.05, 4.69) is 36.3 Å². The van der Waals surface area contributed by atoms with Gasteiger partial charge in [0.1, 0.15) is 12.2 Å². The molecular weight excluding hydrogens is 236 g/mol. The van der Waals surface area contributed by atoms with Crippen molar-refractivity contribution >= 4 is 0 Å². The van der Waals surface area contributed by atoms with Gasteiger partial charge in [0.15, 0.2) is 0 Å². The molecule has 2 rings (SSSR count). The third-order valence-electron chi connectivity index (χ3n) is 4.44. The Morgan fingerprint density at radius 3 is 2.68 bits per heavy atom. The SMILES string of the molecule is Cn1cnnc1CCNC1CCCCC1C(C)(C)C. The van der Waals surface area contributed by atoms with Crippen molar-refractivity contribution in [1.29, 1.82) is 0 Å². The summed E-state index contributed by atoms with van der Waals surface area (Å²) in [7, 11) is 2.01. The van der Waals surface area contributed by atoms with E-state index >= 15 is 0 Å². The van der Waals surface area contributed by atoms with E-state index in [1.807, 2.05) is 11.6 Å². The van der Waals surface area contributed by atoms with Gasteiger partial charge in [-0.25, -0.2) is 0 Å². The molecule has 1 heterocycles. The van der Waals surface area contributed by atoms with E-state index in [1.165, 1.54) is 25.7 Å². The van der Waals surface area contributed by atoms with Gasteiger partial charge >= 0.3 is 0 Å². The summed E-state index contributed by atoms with van der Waals surface area (Å²) < 4.78 is 2.00. The first-order valence-corrected chi connectivity index (χ1v) is 7.55. The van der Waals surface area contributed by atoms with Crippen LogP contribution < -0.4 is 5.32 Å². The van der Waals surface area contributed by atoms with Crippen LogP contribution in [-0.4, -0.2) is 27.4 Å². The Bertz CT molecular complexity index is 391. The quantitative estimate of drug-likeness (QED) is 0.909. The van der Waals surface area contributed by atoms with Crippen molar-refractivity contribution in [2.45, 2.75) is 58.9 Å². The molecule has 2 unspecified atom stereocenters. The van der Waals surface area contributed by atoms with Crippen LogP contribution in [0.25, 0.3) is 0 Å². The second-order valence-electron chi connectivity index (χ2n) is 6.93. The predicted octanol–water partition coefficient (Wildman–Crippen LogP) is 2.55. The van der Waals surface area contributed by atoms with Crippen molar-refractivity contribution in [3.63, 3.8) is 0 Å². The monoisotopic (exact) mass is 264 g/mol. The summed E-state index contributed by atoms with van der Waals surface area (Å²) in [6, 6.07) is 0.668. The largest absolute Gasteiger partial charge is 0.321 e. The molecule has 108 valence electrons. The van der Waals surface area contributed by atoms with Gasteiger partial charge in [-0.1, -0.05) is 33.6 Å². The summed E-state index contributed by atoms with van der Waals surface area (Å²) in [5, 5.41) is 11.8. The van der Waals surface area contributed by atoms with Crippen LogP contribution in [0.4, 0.5) is 0 Å². The minimum atomic E-state index is 0.406. The van der Waals surface area contributed by atoms with Crippen LogP contribution in [0.5, 0.6) is 0 Å². The number of rotatable bonds is 4. The average molecular weight is 264 g/mol. The smallest absolute Gasteiger partial charge is 0.133 e. The fourth-order valence-corrected chi connectivity index (χ4v) is 3.31. The Hall–Kier alpha value is -0.900. The molecule has 0 aliphatic heterocycles. The molecule has 19 heavy (non-hydrogen) atoms. The van der Waals surface area contributed by atoms with E-state index in [0.717, 1.165) is 24.7 Å². The third-order valence-corrected chi connectivity index (χ3v) is 4.44. The number of aryl methyl sites for hydroxylation is 1. The van der Waals surface area contributed by atoms with Gasteiger partial charge in [-0.2, -0.15) is 0 Å². The molecular formula is C15H28N4. The van der Waals surface area contributed by atoms with E-state index in [0.29, 0.717) is 11.5 Å². The minimum absolute atomic E-state index is 0.406. The Morgan fingerprint density at radius 2 is 2.05 bits per heavy atom. The van der Waals surface area contributed by atoms with Gasteiger partial charge in [0.05, 0.1) is 0 Å². The summed E-state index contributed by atoms with van der Waals surface area (Å²) in [5.41, 5.74) is 0.406. The molecule has 0 amide bonds.